The fraction of sp³-hybridized carbons (Fsp3) is 0.219. The van der Waals surface area contributed by atoms with Crippen LogP contribution in [-0.4, -0.2) is 31.3 Å². The van der Waals surface area contributed by atoms with Gasteiger partial charge in [-0.2, -0.15) is 5.10 Å². The molecule has 7 rings (SSSR count). The van der Waals surface area contributed by atoms with Gasteiger partial charge in [0.05, 0.1) is 18.0 Å². The lowest BCUT2D eigenvalue weighted by atomic mass is 9.98. The Hall–Kier alpha value is -4.52. The SMILES string of the molecule is Cc1cc(F)cc(-c2cccc3[nH]c(-c4n[nH]c5ncc(-c6cncc(OC7CCCCC7)c6)cc45)cc23)c1. The molecule has 194 valence electrons. The summed E-state index contributed by atoms with van der Waals surface area (Å²) in [6, 6.07) is 17.4. The van der Waals surface area contributed by atoms with Crippen molar-refractivity contribution >= 4 is 21.9 Å². The zero-order valence-corrected chi connectivity index (χ0v) is 21.7. The predicted molar refractivity (Wildman–Crippen MR) is 152 cm³/mol. The first-order chi connectivity index (χ1) is 19.1. The van der Waals surface area contributed by atoms with Crippen LogP contribution >= 0.6 is 0 Å². The Labute approximate surface area is 225 Å². The van der Waals surface area contributed by atoms with Crippen LogP contribution in [0.5, 0.6) is 5.75 Å². The number of H-pyrrole nitrogens is 2. The number of nitrogens with one attached hydrogen (secondary N) is 2. The molecule has 0 unspecified atom stereocenters. The normalized spacial score (nSPS) is 14.3. The summed E-state index contributed by atoms with van der Waals surface area (Å²) in [7, 11) is 0. The number of hydrogen-bond acceptors (Lipinski definition) is 4. The minimum Gasteiger partial charge on any atom is -0.489 e. The number of rotatable bonds is 5. The first-order valence-electron chi connectivity index (χ1n) is 13.5. The van der Waals surface area contributed by atoms with Gasteiger partial charge >= 0.3 is 0 Å². The summed E-state index contributed by atoms with van der Waals surface area (Å²) in [5.41, 5.74) is 7.90. The molecule has 0 atom stereocenters. The predicted octanol–water partition coefficient (Wildman–Crippen LogP) is 7.99. The average Bonchev–Trinajstić information content (AvgIpc) is 3.57. The number of nitrogens with zero attached hydrogens (tertiary/aromatic N) is 3. The van der Waals surface area contributed by atoms with E-state index in [1.54, 1.807) is 18.3 Å². The highest BCUT2D eigenvalue weighted by atomic mass is 19.1. The van der Waals surface area contributed by atoms with Gasteiger partial charge in [0.1, 0.15) is 17.3 Å². The molecule has 1 fully saturated rings. The number of aryl methyl sites for hydroxylation is 1. The first kappa shape index (κ1) is 23.6. The maximum atomic E-state index is 14.2. The summed E-state index contributed by atoms with van der Waals surface area (Å²) in [6.07, 6.45) is 11.7. The van der Waals surface area contributed by atoms with E-state index in [9.17, 15) is 4.39 Å². The van der Waals surface area contributed by atoms with Gasteiger partial charge in [-0.05, 0) is 85.7 Å². The number of aromatic amines is 2. The molecule has 0 amide bonds. The van der Waals surface area contributed by atoms with Crippen molar-refractivity contribution in [2.24, 2.45) is 0 Å². The van der Waals surface area contributed by atoms with E-state index in [1.165, 1.54) is 19.3 Å². The Morgan fingerprint density at radius 1 is 0.872 bits per heavy atom. The van der Waals surface area contributed by atoms with E-state index < -0.39 is 0 Å². The highest BCUT2D eigenvalue weighted by Crippen LogP contribution is 2.35. The van der Waals surface area contributed by atoms with E-state index in [0.717, 1.165) is 74.1 Å². The van der Waals surface area contributed by atoms with Crippen molar-refractivity contribution in [3.63, 3.8) is 0 Å². The van der Waals surface area contributed by atoms with Crippen LogP contribution < -0.4 is 4.74 Å². The van der Waals surface area contributed by atoms with E-state index in [2.05, 4.69) is 37.3 Å². The number of ether oxygens (including phenoxy) is 1. The van der Waals surface area contributed by atoms with E-state index in [4.69, 9.17) is 4.74 Å². The molecule has 0 saturated heterocycles. The van der Waals surface area contributed by atoms with Crippen LogP contribution in [0.3, 0.4) is 0 Å². The minimum absolute atomic E-state index is 0.239. The molecule has 1 aliphatic rings. The Morgan fingerprint density at radius 3 is 2.62 bits per heavy atom. The summed E-state index contributed by atoms with van der Waals surface area (Å²) in [5, 5.41) is 9.58. The van der Waals surface area contributed by atoms with Crippen molar-refractivity contribution in [3.05, 3.63) is 84.6 Å². The Bertz CT molecular complexity index is 1790. The van der Waals surface area contributed by atoms with Gasteiger partial charge < -0.3 is 9.72 Å². The third kappa shape index (κ3) is 4.54. The molecule has 0 bridgehead atoms. The van der Waals surface area contributed by atoms with Gasteiger partial charge in [-0.1, -0.05) is 24.6 Å². The fourth-order valence-electron chi connectivity index (χ4n) is 5.71. The maximum absolute atomic E-state index is 14.2. The molecule has 2 N–H and O–H groups in total. The number of pyridine rings is 2. The number of halogens is 1. The standard InChI is InChI=1S/C32H28FN5O/c1-19-10-20(12-23(33)11-19)26-8-5-9-29-27(26)15-30(36-29)31-28-14-22(17-35-32(28)38-37-31)21-13-25(18-34-16-21)39-24-6-3-2-4-7-24/h5,8-18,24,36H,2-4,6-7H2,1H3,(H,35,37,38). The van der Waals surface area contributed by atoms with Crippen LogP contribution in [0.15, 0.2) is 73.2 Å². The summed E-state index contributed by atoms with van der Waals surface area (Å²) in [4.78, 5) is 12.6. The second-order valence-electron chi connectivity index (χ2n) is 10.4. The molecule has 7 heteroatoms. The molecule has 0 radical (unpaired) electrons. The number of hydrogen-bond donors (Lipinski definition) is 2. The van der Waals surface area contributed by atoms with Crippen LogP contribution in [-0.2, 0) is 0 Å². The molecule has 1 aliphatic carbocycles. The average molecular weight is 518 g/mol. The third-order valence-corrected chi connectivity index (χ3v) is 7.59. The second-order valence-corrected chi connectivity index (χ2v) is 10.4. The maximum Gasteiger partial charge on any atom is 0.155 e. The van der Waals surface area contributed by atoms with Gasteiger partial charge in [0, 0.05) is 39.8 Å². The molecule has 4 heterocycles. The zero-order valence-electron chi connectivity index (χ0n) is 21.7. The van der Waals surface area contributed by atoms with Crippen molar-refractivity contribution in [2.45, 2.75) is 45.1 Å². The lowest BCUT2D eigenvalue weighted by Gasteiger charge is -2.23. The summed E-state index contributed by atoms with van der Waals surface area (Å²) >= 11 is 0. The molecule has 39 heavy (non-hydrogen) atoms. The zero-order chi connectivity index (χ0) is 26.3. The summed E-state index contributed by atoms with van der Waals surface area (Å²) in [5.74, 6) is 0.556. The summed E-state index contributed by atoms with van der Waals surface area (Å²) in [6.45, 7) is 1.91. The molecule has 0 spiro atoms. The van der Waals surface area contributed by atoms with Crippen molar-refractivity contribution in [2.75, 3.05) is 0 Å². The molecule has 0 aliphatic heterocycles. The molecule has 4 aromatic heterocycles. The van der Waals surface area contributed by atoms with Gasteiger partial charge in [0.25, 0.3) is 0 Å². The van der Waals surface area contributed by atoms with Crippen molar-refractivity contribution in [1.29, 1.82) is 0 Å². The van der Waals surface area contributed by atoms with Gasteiger partial charge in [0.15, 0.2) is 5.65 Å². The molecular formula is C32H28FN5O. The van der Waals surface area contributed by atoms with Gasteiger partial charge in [0.2, 0.25) is 0 Å². The van der Waals surface area contributed by atoms with E-state index >= 15 is 0 Å². The van der Waals surface area contributed by atoms with Crippen LogP contribution in [0, 0.1) is 12.7 Å². The van der Waals surface area contributed by atoms with Crippen LogP contribution in [0.2, 0.25) is 0 Å². The molecule has 6 aromatic rings. The second kappa shape index (κ2) is 9.66. The molecular weight excluding hydrogens is 489 g/mol. The number of fused-ring (bicyclic) bond motifs is 2. The highest BCUT2D eigenvalue weighted by Gasteiger charge is 2.17. The van der Waals surface area contributed by atoms with E-state index in [-0.39, 0.29) is 11.9 Å². The van der Waals surface area contributed by atoms with Crippen molar-refractivity contribution in [1.82, 2.24) is 25.1 Å². The Kier molecular flexibility index (Phi) is 5.84. The topological polar surface area (TPSA) is 79.5 Å². The van der Waals surface area contributed by atoms with Crippen molar-refractivity contribution in [3.8, 4) is 39.4 Å². The molecule has 2 aromatic carbocycles. The largest absolute Gasteiger partial charge is 0.489 e. The highest BCUT2D eigenvalue weighted by molar-refractivity contribution is 6.01. The van der Waals surface area contributed by atoms with E-state index in [1.807, 2.05) is 49.6 Å². The third-order valence-electron chi connectivity index (χ3n) is 7.59. The first-order valence-corrected chi connectivity index (χ1v) is 13.5. The van der Waals surface area contributed by atoms with Crippen LogP contribution in [0.1, 0.15) is 37.7 Å². The number of aromatic nitrogens is 5. The smallest absolute Gasteiger partial charge is 0.155 e. The van der Waals surface area contributed by atoms with Gasteiger partial charge in [-0.15, -0.1) is 0 Å². The van der Waals surface area contributed by atoms with E-state index in [0.29, 0.717) is 5.65 Å². The van der Waals surface area contributed by atoms with Gasteiger partial charge in [-0.25, -0.2) is 9.37 Å². The Balaban J connectivity index is 1.26. The van der Waals surface area contributed by atoms with Crippen molar-refractivity contribution < 1.29 is 9.13 Å². The Morgan fingerprint density at radius 2 is 1.74 bits per heavy atom. The quantitative estimate of drug-likeness (QED) is 0.243. The lowest BCUT2D eigenvalue weighted by molar-refractivity contribution is 0.154. The fourth-order valence-corrected chi connectivity index (χ4v) is 5.71. The molecule has 1 saturated carbocycles. The minimum atomic E-state index is -0.239. The number of benzene rings is 2. The van der Waals surface area contributed by atoms with Crippen LogP contribution in [0.25, 0.3) is 55.6 Å². The summed E-state index contributed by atoms with van der Waals surface area (Å²) < 4.78 is 20.4. The van der Waals surface area contributed by atoms with Gasteiger partial charge in [-0.3, -0.25) is 10.1 Å². The molecule has 6 nitrogen and oxygen atoms in total. The monoisotopic (exact) mass is 517 g/mol. The lowest BCUT2D eigenvalue weighted by Crippen LogP contribution is -2.19. The van der Waals surface area contributed by atoms with Crippen LogP contribution in [0.4, 0.5) is 4.39 Å².